The molecule has 0 spiro atoms. The lowest BCUT2D eigenvalue weighted by Crippen LogP contribution is -2.52. The highest BCUT2D eigenvalue weighted by Gasteiger charge is 2.33. The number of pyridine rings is 1. The minimum absolute atomic E-state index is 0.0498. The second-order valence-corrected chi connectivity index (χ2v) is 20.6. The number of aromatic nitrogens is 1. The largest absolute Gasteiger partial charge is 0.348 e. The first-order valence-electron chi connectivity index (χ1n) is 26.5. The number of nitrogens with one attached hydrogen (secondary N) is 5. The molecule has 0 radical (unpaired) electrons. The van der Waals surface area contributed by atoms with Gasteiger partial charge >= 0.3 is 0 Å². The van der Waals surface area contributed by atoms with Gasteiger partial charge in [0.25, 0.3) is 0 Å². The summed E-state index contributed by atoms with van der Waals surface area (Å²) in [6.45, 7) is 21.2. The molecule has 398 valence electrons. The van der Waals surface area contributed by atoms with E-state index in [4.69, 9.17) is 4.98 Å². The van der Waals surface area contributed by atoms with Crippen LogP contribution in [-0.4, -0.2) is 89.6 Å². The minimum atomic E-state index is -1.09. The average molecular weight is 1010 g/mol. The van der Waals surface area contributed by atoms with Crippen LogP contribution in [0.5, 0.6) is 0 Å². The number of hydrogen-bond acceptors (Lipinski definition) is 9. The van der Waals surface area contributed by atoms with Crippen LogP contribution in [-0.2, 0) is 57.6 Å². The zero-order valence-electron chi connectivity index (χ0n) is 45.2. The first-order chi connectivity index (χ1) is 35.3. The zero-order valence-corrected chi connectivity index (χ0v) is 45.2. The Morgan fingerprint density at radius 1 is 0.878 bits per heavy atom. The van der Waals surface area contributed by atoms with Gasteiger partial charge in [-0.1, -0.05) is 90.4 Å². The van der Waals surface area contributed by atoms with Crippen molar-refractivity contribution in [2.45, 2.75) is 151 Å². The van der Waals surface area contributed by atoms with Gasteiger partial charge in [0.15, 0.2) is 5.78 Å². The van der Waals surface area contributed by atoms with Crippen LogP contribution >= 0.6 is 0 Å². The van der Waals surface area contributed by atoms with Crippen LogP contribution in [0.4, 0.5) is 0 Å². The molecule has 3 aromatic rings. The van der Waals surface area contributed by atoms with E-state index in [9.17, 15) is 38.4 Å². The molecule has 1 aromatic heterocycles. The molecule has 2 aromatic carbocycles. The Morgan fingerprint density at radius 3 is 2.20 bits per heavy atom. The molecule has 2 heterocycles. The molecular formula is C59H79N7O8. The summed E-state index contributed by atoms with van der Waals surface area (Å²) in [5.41, 5.74) is 10.7. The fourth-order valence-electron chi connectivity index (χ4n) is 10.2. The number of carbonyl (C=O) groups excluding carboxylic acids is 8. The van der Waals surface area contributed by atoms with Gasteiger partial charge in [0.2, 0.25) is 35.4 Å². The second-order valence-electron chi connectivity index (χ2n) is 20.6. The fraction of sp³-hybridized carbons (Fsp3) is 0.508. The first kappa shape index (κ1) is 58.1. The van der Waals surface area contributed by atoms with Crippen LogP contribution in [0.15, 0.2) is 65.9 Å². The third-order valence-corrected chi connectivity index (χ3v) is 14.2. The lowest BCUT2D eigenvalue weighted by atomic mass is 9.78. The molecule has 4 atom stereocenters. The highest BCUT2D eigenvalue weighted by molar-refractivity contribution is 5.97. The van der Waals surface area contributed by atoms with E-state index in [1.165, 1.54) is 11.1 Å². The molecule has 1 fully saturated rings. The topological polar surface area (TPSA) is 213 Å². The monoisotopic (exact) mass is 1010 g/mol. The van der Waals surface area contributed by atoms with Gasteiger partial charge in [-0.05, 0) is 141 Å². The lowest BCUT2D eigenvalue weighted by Gasteiger charge is -2.32. The Bertz CT molecular complexity index is 2670. The Labute approximate surface area is 437 Å². The van der Waals surface area contributed by atoms with Crippen molar-refractivity contribution in [3.63, 3.8) is 0 Å². The maximum atomic E-state index is 14.1. The number of unbranched alkanes of at least 4 members (excludes halogenated alkanes) is 2. The van der Waals surface area contributed by atoms with Crippen LogP contribution < -0.4 is 26.6 Å². The van der Waals surface area contributed by atoms with Crippen LogP contribution in [0.2, 0.25) is 0 Å². The number of allylic oxidation sites excluding steroid dienone is 5. The Balaban J connectivity index is 1.28. The third kappa shape index (κ3) is 15.4. The van der Waals surface area contributed by atoms with Crippen molar-refractivity contribution in [1.29, 1.82) is 0 Å². The standard InChI is InChI=1S/C59H79N7O8/c1-11-19-45(41(10)68)46(43(12-2)34-67)28-37(6)57-47(26-35(3)4)56-48(24-23-44-40(9)36(5)29-49(65-57)55(44)56)63-54(72)33-62-58(73)50(30-42-20-15-13-16-21-42)64-53(71)32-61-52(70)31-60-51(69)22-17-14-18-25-66-39(8)27-38(7)59(66)74/h13,15-16,20-21,28-29,34-35,38,43,48,50H,8,11-12,14,17-19,22-27,30-33H2,1-7,9-10H3,(H,60,69)(H,61,70)(H,62,73)(H,63,72)(H,64,71)/b37-28+,46-45+. The molecular weight excluding hydrogens is 935 g/mol. The molecule has 4 unspecified atom stereocenters. The van der Waals surface area contributed by atoms with Crippen molar-refractivity contribution >= 4 is 64.0 Å². The number of rotatable bonds is 27. The summed E-state index contributed by atoms with van der Waals surface area (Å²) in [6, 6.07) is 9.68. The van der Waals surface area contributed by atoms with Gasteiger partial charge in [0.05, 0.1) is 36.9 Å². The number of aldehydes is 1. The Hall–Kier alpha value is -6.77. The Kier molecular flexibility index (Phi) is 21.6. The predicted octanol–water partition coefficient (Wildman–Crippen LogP) is 7.49. The highest BCUT2D eigenvalue weighted by Crippen LogP contribution is 2.43. The van der Waals surface area contributed by atoms with Crippen molar-refractivity contribution < 1.29 is 38.4 Å². The number of carbonyl (C=O) groups is 8. The lowest BCUT2D eigenvalue weighted by molar-refractivity contribution is -0.131. The SMILES string of the molecule is C=C1CC(C)C(=O)N1CCCCCC(=O)NCC(=O)NCC(=O)NC(Cc1ccccc1)C(=O)NCC(=O)NC1CCc2c(C)c(C)cc3nc(/C(C)=C/C(=C(/CCC)C(C)=O)C(C=O)CC)c(CC(C)C)c1c23. The summed E-state index contributed by atoms with van der Waals surface area (Å²) in [5, 5.41) is 14.8. The van der Waals surface area contributed by atoms with E-state index < -0.39 is 48.2 Å². The number of aryl methyl sites for hydroxylation is 2. The third-order valence-electron chi connectivity index (χ3n) is 14.2. The van der Waals surface area contributed by atoms with E-state index >= 15 is 0 Å². The molecule has 0 bridgehead atoms. The molecule has 15 heteroatoms. The number of ketones is 1. The molecule has 1 saturated heterocycles. The van der Waals surface area contributed by atoms with Crippen molar-refractivity contribution in [2.75, 3.05) is 26.2 Å². The summed E-state index contributed by atoms with van der Waals surface area (Å²) < 4.78 is 0. The number of likely N-dealkylation sites (tertiary alicyclic amines) is 1. The van der Waals surface area contributed by atoms with Crippen LogP contribution in [0.3, 0.4) is 0 Å². The quantitative estimate of drug-likeness (QED) is 0.0221. The van der Waals surface area contributed by atoms with Crippen LogP contribution in [0, 0.1) is 31.6 Å². The Morgan fingerprint density at radius 2 is 1.57 bits per heavy atom. The molecule has 1 aliphatic heterocycles. The summed E-state index contributed by atoms with van der Waals surface area (Å²) in [5.74, 6) is -2.82. The van der Waals surface area contributed by atoms with Gasteiger partial charge in [0.1, 0.15) is 12.3 Å². The van der Waals surface area contributed by atoms with E-state index in [0.29, 0.717) is 62.6 Å². The molecule has 15 nitrogen and oxygen atoms in total. The number of hydrogen-bond donors (Lipinski definition) is 5. The molecule has 6 amide bonds. The molecule has 5 rings (SSSR count). The van der Waals surface area contributed by atoms with Gasteiger partial charge in [-0.3, -0.25) is 33.6 Å². The number of nitrogens with zero attached hydrogens (tertiary/aromatic N) is 2. The van der Waals surface area contributed by atoms with E-state index in [2.05, 4.69) is 66.9 Å². The number of amides is 6. The number of Topliss-reactive ketones (excluding diaryl/α,β-unsaturated/α-hetero) is 1. The number of benzene rings is 2. The van der Waals surface area contributed by atoms with Gasteiger partial charge < -0.3 is 36.3 Å². The van der Waals surface area contributed by atoms with E-state index in [1.807, 2.05) is 64.1 Å². The fourth-order valence-corrected chi connectivity index (χ4v) is 10.2. The molecule has 5 N–H and O–H groups in total. The summed E-state index contributed by atoms with van der Waals surface area (Å²) in [6.07, 6.45) is 9.70. The normalized spacial score (nSPS) is 16.6. The van der Waals surface area contributed by atoms with E-state index in [-0.39, 0.29) is 55.4 Å². The molecule has 1 aliphatic carbocycles. The van der Waals surface area contributed by atoms with Crippen LogP contribution in [0.25, 0.3) is 16.5 Å². The van der Waals surface area contributed by atoms with E-state index in [1.54, 1.807) is 11.8 Å². The average Bonchev–Trinajstić information content (AvgIpc) is 3.61. The molecule has 2 aliphatic rings. The van der Waals surface area contributed by atoms with Crippen molar-refractivity contribution in [3.8, 4) is 0 Å². The van der Waals surface area contributed by atoms with Crippen LogP contribution in [0.1, 0.15) is 151 Å². The maximum Gasteiger partial charge on any atom is 0.243 e. The minimum Gasteiger partial charge on any atom is -0.348 e. The van der Waals surface area contributed by atoms with Crippen molar-refractivity contribution in [2.24, 2.45) is 17.8 Å². The summed E-state index contributed by atoms with van der Waals surface area (Å²) in [4.78, 5) is 111. The van der Waals surface area contributed by atoms with Crippen molar-refractivity contribution in [1.82, 2.24) is 36.5 Å². The van der Waals surface area contributed by atoms with Gasteiger partial charge in [-0.2, -0.15) is 0 Å². The summed E-state index contributed by atoms with van der Waals surface area (Å²) in [7, 11) is 0. The molecule has 0 saturated carbocycles. The highest BCUT2D eigenvalue weighted by atomic mass is 16.2. The van der Waals surface area contributed by atoms with Gasteiger partial charge in [-0.25, -0.2) is 4.98 Å². The zero-order chi connectivity index (χ0) is 54.2. The van der Waals surface area contributed by atoms with Gasteiger partial charge in [-0.15, -0.1) is 0 Å². The smallest absolute Gasteiger partial charge is 0.243 e. The van der Waals surface area contributed by atoms with E-state index in [0.717, 1.165) is 75.7 Å². The second kappa shape index (κ2) is 27.5. The predicted molar refractivity (Wildman–Crippen MR) is 289 cm³/mol. The van der Waals surface area contributed by atoms with Gasteiger partial charge in [0, 0.05) is 42.3 Å². The van der Waals surface area contributed by atoms with Crippen molar-refractivity contribution in [3.05, 3.63) is 105 Å². The summed E-state index contributed by atoms with van der Waals surface area (Å²) >= 11 is 0. The molecule has 74 heavy (non-hydrogen) atoms. The maximum absolute atomic E-state index is 14.1. The first-order valence-corrected chi connectivity index (χ1v) is 26.5.